The van der Waals surface area contributed by atoms with E-state index >= 15 is 4.39 Å². The quantitative estimate of drug-likeness (QED) is 0.0552. The van der Waals surface area contributed by atoms with E-state index in [1.165, 1.54) is 32.8 Å². The Bertz CT molecular complexity index is 2430. The Hall–Kier alpha value is -6.40. The predicted molar refractivity (Wildman–Crippen MR) is 277 cm³/mol. The van der Waals surface area contributed by atoms with Gasteiger partial charge >= 0.3 is 35.9 Å². The molecule has 6 rings (SSSR count). The van der Waals surface area contributed by atoms with Crippen molar-refractivity contribution in [1.82, 2.24) is 15.1 Å². The molecule has 0 aromatic heterocycles. The minimum absolute atomic E-state index is 0.0205. The van der Waals surface area contributed by atoms with E-state index in [0.717, 1.165) is 60.1 Å². The number of esters is 5. The molecular weight excluding hydrogens is 982 g/mol. The SMILES string of the molecule is CN[C@@H](CC1CC1)C(=O)OCC(=O)OCc1cccc(CC(C)(C)OC(=O)N(C)[C@@H](CC(C)(C)F)C(=O)O[C@H](Cc2ccc(C3CCOCC3)cc2)C(=O)N(C)[C@@H](CC2CC2)C(=O)OCC(=O)OCc2ccccc2)c1. The molecule has 1 heterocycles. The van der Waals surface area contributed by atoms with E-state index in [9.17, 15) is 33.6 Å². The maximum Gasteiger partial charge on any atom is 0.410 e. The van der Waals surface area contributed by atoms with E-state index in [1.54, 1.807) is 69.4 Å². The summed E-state index contributed by atoms with van der Waals surface area (Å²) in [7, 11) is 4.37. The number of carbonyl (C=O) groups is 7. The largest absolute Gasteiger partial charge is 0.458 e. The van der Waals surface area contributed by atoms with Gasteiger partial charge in [-0.15, -0.1) is 0 Å². The number of carbonyl (C=O) groups excluding carboxylic acids is 7. The lowest BCUT2D eigenvalue weighted by molar-refractivity contribution is -0.170. The Balaban J connectivity index is 1.12. The number of hydrogen-bond acceptors (Lipinski definition) is 15. The first kappa shape index (κ1) is 58.9. The normalized spacial score (nSPS) is 16.5. The summed E-state index contributed by atoms with van der Waals surface area (Å²) in [5.74, 6) is -3.76. The highest BCUT2D eigenvalue weighted by Gasteiger charge is 2.42. The van der Waals surface area contributed by atoms with Gasteiger partial charge in [0.1, 0.15) is 42.6 Å². The van der Waals surface area contributed by atoms with Crippen molar-refractivity contribution < 1.29 is 71.1 Å². The fraction of sp³-hybridized carbons (Fsp3) is 0.569. The zero-order chi connectivity index (χ0) is 55.0. The molecule has 3 aromatic carbocycles. The number of alkyl halides is 1. The second kappa shape index (κ2) is 27.6. The van der Waals surface area contributed by atoms with E-state index in [2.05, 4.69) is 5.32 Å². The van der Waals surface area contributed by atoms with Gasteiger partial charge in [0.15, 0.2) is 19.3 Å². The Morgan fingerprint density at radius 3 is 1.84 bits per heavy atom. The van der Waals surface area contributed by atoms with Crippen LogP contribution in [0.5, 0.6) is 0 Å². The number of rotatable bonds is 28. The monoisotopic (exact) mass is 1060 g/mol. The smallest absolute Gasteiger partial charge is 0.410 e. The number of amides is 2. The number of likely N-dealkylation sites (N-methyl/N-ethyl adjacent to an activating group) is 3. The topological polar surface area (TPSA) is 203 Å². The fourth-order valence-electron chi connectivity index (χ4n) is 9.12. The molecule has 4 atom stereocenters. The third-order valence-electron chi connectivity index (χ3n) is 13.9. The van der Waals surface area contributed by atoms with Crippen molar-refractivity contribution in [1.29, 1.82) is 0 Å². The van der Waals surface area contributed by atoms with Crippen molar-refractivity contribution in [2.24, 2.45) is 11.8 Å². The Kier molecular flexibility index (Phi) is 21.4. The Morgan fingerprint density at radius 2 is 1.24 bits per heavy atom. The van der Waals surface area contributed by atoms with E-state index in [4.69, 9.17) is 33.2 Å². The lowest BCUT2D eigenvalue weighted by Crippen LogP contribution is -2.52. The summed E-state index contributed by atoms with van der Waals surface area (Å²) in [6.07, 6.45) is 3.41. The van der Waals surface area contributed by atoms with Gasteiger partial charge in [-0.3, -0.25) is 14.5 Å². The molecule has 0 unspecified atom stereocenters. The van der Waals surface area contributed by atoms with Gasteiger partial charge in [0.05, 0.1) is 0 Å². The number of benzene rings is 3. The van der Waals surface area contributed by atoms with Gasteiger partial charge in [0.2, 0.25) is 0 Å². The first-order valence-electron chi connectivity index (χ1n) is 26.4. The molecular formula is C58H76FN3O14. The summed E-state index contributed by atoms with van der Waals surface area (Å²) in [6, 6.07) is 20.5. The number of nitrogens with one attached hydrogen (secondary N) is 1. The Morgan fingerprint density at radius 1 is 0.658 bits per heavy atom. The molecule has 3 fully saturated rings. The van der Waals surface area contributed by atoms with Crippen LogP contribution < -0.4 is 5.32 Å². The molecule has 17 nitrogen and oxygen atoms in total. The van der Waals surface area contributed by atoms with Gasteiger partial charge in [-0.05, 0) is 106 Å². The summed E-state index contributed by atoms with van der Waals surface area (Å²) in [4.78, 5) is 96.8. The molecule has 2 aliphatic carbocycles. The second-order valence-corrected chi connectivity index (χ2v) is 21.6. The van der Waals surface area contributed by atoms with Crippen LogP contribution in [0, 0.1) is 11.8 Å². The van der Waals surface area contributed by atoms with E-state index in [-0.39, 0.29) is 38.4 Å². The van der Waals surface area contributed by atoms with Crippen molar-refractivity contribution in [2.75, 3.05) is 47.6 Å². The zero-order valence-corrected chi connectivity index (χ0v) is 45.1. The molecule has 1 N–H and O–H groups in total. The summed E-state index contributed by atoms with van der Waals surface area (Å²) < 4.78 is 54.6. The molecule has 2 amide bonds. The Labute approximate surface area is 445 Å². The van der Waals surface area contributed by atoms with Crippen LogP contribution in [0.2, 0.25) is 0 Å². The van der Waals surface area contributed by atoms with E-state index in [0.29, 0.717) is 42.6 Å². The van der Waals surface area contributed by atoms with Gasteiger partial charge in [-0.1, -0.05) is 105 Å². The molecule has 0 radical (unpaired) electrons. The van der Waals surface area contributed by atoms with Crippen LogP contribution in [0.25, 0.3) is 0 Å². The molecule has 0 bridgehead atoms. The number of halogens is 1. The standard InChI is InChI=1S/C58H76FN3O14/c1-57(2,59)33-48(62(7)56(69)76-58(3,4)32-42-14-11-15-43(28-42)35-72-50(63)36-73-53(66)46(60-5)29-38-16-17-38)55(68)75-49(31-40-20-22-44(23-21-40)45-24-26-70-27-25-45)52(65)61(6)47(30-39-18-19-39)54(67)74-37-51(64)71-34-41-12-9-8-10-13-41/h8-15,20-23,28,38-39,45-49,60H,16-19,24-27,29-37H2,1-7H3/t46-,47-,48-,49+/m0/s1. The van der Waals surface area contributed by atoms with Gasteiger partial charge in [-0.2, -0.15) is 0 Å². The molecule has 3 aromatic rings. The van der Waals surface area contributed by atoms with Crippen molar-refractivity contribution in [2.45, 2.75) is 153 Å². The van der Waals surface area contributed by atoms with Crippen molar-refractivity contribution in [3.8, 4) is 0 Å². The summed E-state index contributed by atoms with van der Waals surface area (Å²) in [5, 5.41) is 2.94. The lowest BCUT2D eigenvalue weighted by atomic mass is 9.90. The van der Waals surface area contributed by atoms with Crippen LogP contribution in [-0.4, -0.2) is 135 Å². The minimum Gasteiger partial charge on any atom is -0.458 e. The minimum atomic E-state index is -2.01. The summed E-state index contributed by atoms with van der Waals surface area (Å²) >= 11 is 0. The number of ether oxygens (including phenoxy) is 7. The van der Waals surface area contributed by atoms with Crippen molar-refractivity contribution >= 4 is 41.8 Å². The average molecular weight is 1060 g/mol. The zero-order valence-electron chi connectivity index (χ0n) is 45.1. The second-order valence-electron chi connectivity index (χ2n) is 21.6. The van der Waals surface area contributed by atoms with Gasteiger partial charge in [0.25, 0.3) is 5.91 Å². The van der Waals surface area contributed by atoms with Crippen molar-refractivity contribution in [3.05, 3.63) is 107 Å². The third kappa shape index (κ3) is 19.3. The van der Waals surface area contributed by atoms with Crippen LogP contribution in [-0.2, 0) is 88.0 Å². The number of hydrogen-bond donors (Lipinski definition) is 1. The van der Waals surface area contributed by atoms with Crippen LogP contribution in [0.4, 0.5) is 9.18 Å². The van der Waals surface area contributed by atoms with Crippen LogP contribution in [0.3, 0.4) is 0 Å². The third-order valence-corrected chi connectivity index (χ3v) is 13.9. The first-order valence-corrected chi connectivity index (χ1v) is 26.4. The molecule has 1 saturated heterocycles. The van der Waals surface area contributed by atoms with Gasteiger partial charge in [0, 0.05) is 46.6 Å². The highest BCUT2D eigenvalue weighted by atomic mass is 19.1. The molecule has 18 heteroatoms. The first-order chi connectivity index (χ1) is 36.2. The highest BCUT2D eigenvalue weighted by Crippen LogP contribution is 2.36. The average Bonchev–Trinajstić information content (AvgIpc) is 4.35. The number of nitrogens with zero attached hydrogens (tertiary/aromatic N) is 2. The molecule has 2 saturated carbocycles. The van der Waals surface area contributed by atoms with E-state index < -0.39 is 97.0 Å². The fourth-order valence-corrected chi connectivity index (χ4v) is 9.12. The molecule has 0 spiro atoms. The molecule has 1 aliphatic heterocycles. The maximum atomic E-state index is 15.7. The van der Waals surface area contributed by atoms with Crippen LogP contribution in [0.15, 0.2) is 78.9 Å². The molecule has 3 aliphatic rings. The van der Waals surface area contributed by atoms with Crippen LogP contribution >= 0.6 is 0 Å². The molecule has 414 valence electrons. The summed E-state index contributed by atoms with van der Waals surface area (Å²) in [6.45, 7) is 5.81. The van der Waals surface area contributed by atoms with Gasteiger partial charge < -0.3 is 43.4 Å². The van der Waals surface area contributed by atoms with Crippen molar-refractivity contribution in [3.63, 3.8) is 0 Å². The van der Waals surface area contributed by atoms with Crippen LogP contribution in [0.1, 0.15) is 119 Å². The molecule has 76 heavy (non-hydrogen) atoms. The summed E-state index contributed by atoms with van der Waals surface area (Å²) in [5.41, 5.74) is 0.629. The van der Waals surface area contributed by atoms with E-state index in [1.807, 2.05) is 30.3 Å². The predicted octanol–water partition coefficient (Wildman–Crippen LogP) is 7.52. The highest BCUT2D eigenvalue weighted by molar-refractivity contribution is 5.90. The maximum absolute atomic E-state index is 15.7. The van der Waals surface area contributed by atoms with Gasteiger partial charge in [-0.25, -0.2) is 28.4 Å². The lowest BCUT2D eigenvalue weighted by Gasteiger charge is -2.34.